The number of nitro groups is 1. The first-order valence-corrected chi connectivity index (χ1v) is 9.43. The van der Waals surface area contributed by atoms with E-state index >= 15 is 0 Å². The van der Waals surface area contributed by atoms with Gasteiger partial charge >= 0.3 is 0 Å². The Balaban J connectivity index is 1.78. The van der Waals surface area contributed by atoms with E-state index in [-0.39, 0.29) is 10.7 Å². The molecule has 0 atom stereocenters. The number of rotatable bonds is 4. The van der Waals surface area contributed by atoms with Crippen LogP contribution in [0.25, 0.3) is 22.4 Å². The minimum absolute atomic E-state index is 0.0811. The van der Waals surface area contributed by atoms with Crippen LogP contribution in [0.1, 0.15) is 5.56 Å². The third-order valence-electron chi connectivity index (χ3n) is 4.04. The minimum atomic E-state index is -0.524. The lowest BCUT2D eigenvalue weighted by Crippen LogP contribution is -2.11. The number of thiazole rings is 1. The maximum Gasteiger partial charge on any atom is 0.288 e. The Hall–Kier alpha value is -3.23. The first-order valence-electron chi connectivity index (χ1n) is 8.17. The molecule has 9 heteroatoms. The van der Waals surface area contributed by atoms with E-state index in [1.807, 2.05) is 35.7 Å². The number of benzene rings is 2. The van der Waals surface area contributed by atoms with Gasteiger partial charge < -0.3 is 4.42 Å². The number of nitro benzene ring substituents is 1. The predicted octanol–water partition coefficient (Wildman–Crippen LogP) is 4.94. The van der Waals surface area contributed by atoms with Crippen molar-refractivity contribution in [3.05, 3.63) is 79.4 Å². The van der Waals surface area contributed by atoms with E-state index in [0.29, 0.717) is 16.1 Å². The maximum absolute atomic E-state index is 11.1. The summed E-state index contributed by atoms with van der Waals surface area (Å²) in [5.41, 5.74) is 1.90. The molecule has 0 amide bonds. The lowest BCUT2D eigenvalue weighted by atomic mass is 10.2. The lowest BCUT2D eigenvalue weighted by molar-refractivity contribution is -0.384. The van der Waals surface area contributed by atoms with Crippen LogP contribution in [0, 0.1) is 10.1 Å². The molecule has 2 aromatic heterocycles. The van der Waals surface area contributed by atoms with Crippen molar-refractivity contribution in [1.82, 2.24) is 4.68 Å². The third-order valence-corrected chi connectivity index (χ3v) is 5.27. The Morgan fingerprint density at radius 1 is 1.25 bits per heavy atom. The number of hydrogen-bond acceptors (Lipinski definition) is 6. The fourth-order valence-electron chi connectivity index (χ4n) is 2.72. The van der Waals surface area contributed by atoms with Gasteiger partial charge in [0.15, 0.2) is 5.76 Å². The van der Waals surface area contributed by atoms with Crippen LogP contribution in [0.2, 0.25) is 5.02 Å². The van der Waals surface area contributed by atoms with Crippen molar-refractivity contribution in [3.8, 4) is 11.5 Å². The second kappa shape index (κ2) is 7.41. The molecule has 0 aliphatic carbocycles. The number of furan rings is 1. The van der Waals surface area contributed by atoms with Crippen LogP contribution < -0.4 is 4.80 Å². The molecule has 0 unspecified atom stereocenters. The van der Waals surface area contributed by atoms with Crippen molar-refractivity contribution in [2.24, 2.45) is 10.1 Å². The standard InChI is InChI=1S/C19H13ClN4O3S/c1-21-19-23(22-10-12-6-7-14(20)15(8-12)24(25)26)16(11-28-19)18-9-13-4-2-3-5-17(13)27-18/h2-11H,1H3. The van der Waals surface area contributed by atoms with Gasteiger partial charge in [-0.05, 0) is 18.2 Å². The second-order valence-corrected chi connectivity index (χ2v) is 7.04. The summed E-state index contributed by atoms with van der Waals surface area (Å²) in [5.74, 6) is 0.659. The van der Waals surface area contributed by atoms with Gasteiger partial charge in [-0.25, -0.2) is 4.68 Å². The largest absolute Gasteiger partial charge is 0.454 e. The van der Waals surface area contributed by atoms with Crippen LogP contribution in [0.4, 0.5) is 5.69 Å². The number of fused-ring (bicyclic) bond motifs is 1. The summed E-state index contributed by atoms with van der Waals surface area (Å²) < 4.78 is 7.58. The van der Waals surface area contributed by atoms with E-state index in [4.69, 9.17) is 16.0 Å². The minimum Gasteiger partial charge on any atom is -0.454 e. The van der Waals surface area contributed by atoms with Crippen molar-refractivity contribution in [2.75, 3.05) is 7.05 Å². The lowest BCUT2D eigenvalue weighted by Gasteiger charge is -2.01. The summed E-state index contributed by atoms with van der Waals surface area (Å²) in [6, 6.07) is 14.2. The fraction of sp³-hybridized carbons (Fsp3) is 0.0526. The molecule has 0 aliphatic heterocycles. The Kier molecular flexibility index (Phi) is 4.81. The van der Waals surface area contributed by atoms with Gasteiger partial charge in [0.1, 0.15) is 16.3 Å². The Labute approximate surface area is 168 Å². The summed E-state index contributed by atoms with van der Waals surface area (Å²) in [6.07, 6.45) is 1.52. The number of halogens is 1. The predicted molar refractivity (Wildman–Crippen MR) is 110 cm³/mol. The van der Waals surface area contributed by atoms with Crippen LogP contribution >= 0.6 is 22.9 Å². The zero-order chi connectivity index (χ0) is 19.7. The smallest absolute Gasteiger partial charge is 0.288 e. The topological polar surface area (TPSA) is 85.9 Å². The van der Waals surface area contributed by atoms with E-state index in [0.717, 1.165) is 16.7 Å². The van der Waals surface area contributed by atoms with E-state index < -0.39 is 4.92 Å². The molecule has 2 aromatic carbocycles. The molecule has 4 rings (SSSR count). The Bertz CT molecular complexity index is 1250. The SMILES string of the molecule is CN=c1scc(-c2cc3ccccc3o2)n1N=Cc1ccc(Cl)c([N+](=O)[O-])c1. The molecular formula is C19H13ClN4O3S. The monoisotopic (exact) mass is 412 g/mol. The molecule has 140 valence electrons. The average Bonchev–Trinajstić information content (AvgIpc) is 3.30. The fourth-order valence-corrected chi connectivity index (χ4v) is 3.69. The van der Waals surface area contributed by atoms with Gasteiger partial charge in [0.25, 0.3) is 5.69 Å². The van der Waals surface area contributed by atoms with E-state index in [1.54, 1.807) is 17.8 Å². The van der Waals surface area contributed by atoms with Gasteiger partial charge in [0, 0.05) is 29.4 Å². The molecule has 0 N–H and O–H groups in total. The van der Waals surface area contributed by atoms with Gasteiger partial charge in [0.2, 0.25) is 4.80 Å². The van der Waals surface area contributed by atoms with Crippen molar-refractivity contribution in [3.63, 3.8) is 0 Å². The Morgan fingerprint density at radius 3 is 2.82 bits per heavy atom. The van der Waals surface area contributed by atoms with Crippen molar-refractivity contribution in [2.45, 2.75) is 0 Å². The Morgan fingerprint density at radius 2 is 2.07 bits per heavy atom. The van der Waals surface area contributed by atoms with Gasteiger partial charge in [-0.1, -0.05) is 35.9 Å². The van der Waals surface area contributed by atoms with Crippen LogP contribution in [0.3, 0.4) is 0 Å². The molecule has 7 nitrogen and oxygen atoms in total. The highest BCUT2D eigenvalue weighted by molar-refractivity contribution is 7.07. The molecule has 0 radical (unpaired) electrons. The van der Waals surface area contributed by atoms with Crippen molar-refractivity contribution >= 4 is 45.8 Å². The van der Waals surface area contributed by atoms with Gasteiger partial charge in [-0.2, -0.15) is 5.10 Å². The third kappa shape index (κ3) is 3.35. The summed E-state index contributed by atoms with van der Waals surface area (Å²) >= 11 is 7.29. The summed E-state index contributed by atoms with van der Waals surface area (Å²) in [4.78, 5) is 15.5. The van der Waals surface area contributed by atoms with E-state index in [2.05, 4.69) is 10.1 Å². The molecule has 0 bridgehead atoms. The zero-order valence-electron chi connectivity index (χ0n) is 14.6. The molecule has 2 heterocycles. The highest BCUT2D eigenvalue weighted by Gasteiger charge is 2.14. The summed E-state index contributed by atoms with van der Waals surface area (Å²) in [6.45, 7) is 0. The molecule has 0 spiro atoms. The molecular weight excluding hydrogens is 400 g/mol. The number of aromatic nitrogens is 1. The van der Waals surface area contributed by atoms with Crippen LogP contribution in [-0.2, 0) is 0 Å². The van der Waals surface area contributed by atoms with Crippen LogP contribution in [0.5, 0.6) is 0 Å². The highest BCUT2D eigenvalue weighted by atomic mass is 35.5. The van der Waals surface area contributed by atoms with Gasteiger partial charge in [-0.3, -0.25) is 15.1 Å². The molecule has 0 saturated carbocycles. The number of nitrogens with zero attached hydrogens (tertiary/aromatic N) is 4. The molecule has 28 heavy (non-hydrogen) atoms. The van der Waals surface area contributed by atoms with E-state index in [9.17, 15) is 10.1 Å². The normalized spacial score (nSPS) is 12.3. The average molecular weight is 413 g/mol. The highest BCUT2D eigenvalue weighted by Crippen LogP contribution is 2.28. The first-order chi connectivity index (χ1) is 13.6. The second-order valence-electron chi connectivity index (χ2n) is 5.80. The maximum atomic E-state index is 11.1. The molecule has 0 fully saturated rings. The van der Waals surface area contributed by atoms with Crippen LogP contribution in [-0.4, -0.2) is 22.9 Å². The van der Waals surface area contributed by atoms with Crippen molar-refractivity contribution < 1.29 is 9.34 Å². The van der Waals surface area contributed by atoms with Crippen LogP contribution in [0.15, 0.2) is 68.4 Å². The van der Waals surface area contributed by atoms with Gasteiger partial charge in [0.05, 0.1) is 11.1 Å². The summed E-state index contributed by atoms with van der Waals surface area (Å²) in [5, 5.41) is 18.5. The van der Waals surface area contributed by atoms with Crippen molar-refractivity contribution in [1.29, 1.82) is 0 Å². The zero-order valence-corrected chi connectivity index (χ0v) is 16.1. The quantitative estimate of drug-likeness (QED) is 0.270. The summed E-state index contributed by atoms with van der Waals surface area (Å²) in [7, 11) is 1.67. The number of para-hydroxylation sites is 1. The molecule has 0 saturated heterocycles. The van der Waals surface area contributed by atoms with E-state index in [1.165, 1.54) is 29.7 Å². The first kappa shape index (κ1) is 18.1. The number of hydrogen-bond donors (Lipinski definition) is 0. The van der Waals surface area contributed by atoms with Gasteiger partial charge in [-0.15, -0.1) is 11.3 Å². The molecule has 0 aliphatic rings. The molecule has 4 aromatic rings.